The zero-order valence-electron chi connectivity index (χ0n) is 23.9. The monoisotopic (exact) mass is 599 g/mol. The van der Waals surface area contributed by atoms with E-state index in [0.29, 0.717) is 19.7 Å². The molecule has 2 aromatic heterocycles. The van der Waals surface area contributed by atoms with Gasteiger partial charge in [0, 0.05) is 31.3 Å². The number of pyridine rings is 1. The van der Waals surface area contributed by atoms with Crippen molar-refractivity contribution >= 4 is 40.0 Å². The van der Waals surface area contributed by atoms with Crippen molar-refractivity contribution in [1.29, 1.82) is 0 Å². The van der Waals surface area contributed by atoms with Crippen LogP contribution in [-0.2, 0) is 24.2 Å². The number of aromatic carboxylic acids is 1. The number of imidazole rings is 1. The minimum absolute atomic E-state index is 0.140. The Morgan fingerprint density at radius 2 is 1.98 bits per heavy atom. The lowest BCUT2D eigenvalue weighted by atomic mass is 10.0. The maximum absolute atomic E-state index is 11.6. The third-order valence-corrected chi connectivity index (χ3v) is 8.79. The van der Waals surface area contributed by atoms with Gasteiger partial charge in [0.05, 0.1) is 48.0 Å². The number of halogens is 1. The van der Waals surface area contributed by atoms with Crippen molar-refractivity contribution in [3.8, 4) is 5.75 Å². The summed E-state index contributed by atoms with van der Waals surface area (Å²) in [5.41, 5.74) is 5.37. The van der Waals surface area contributed by atoms with Gasteiger partial charge < -0.3 is 24.0 Å². The number of carboxylic acid groups (broad SMARTS) is 1. The van der Waals surface area contributed by atoms with Gasteiger partial charge in [0.2, 0.25) is 0 Å². The Kier molecular flexibility index (Phi) is 7.78. The van der Waals surface area contributed by atoms with E-state index in [1.54, 1.807) is 18.2 Å². The Hall–Kier alpha value is -3.92. The lowest BCUT2D eigenvalue weighted by molar-refractivity contribution is -0.0591. The molecule has 3 aliphatic rings. The van der Waals surface area contributed by atoms with Gasteiger partial charge in [-0.15, -0.1) is 0 Å². The van der Waals surface area contributed by atoms with Gasteiger partial charge in [0.1, 0.15) is 12.4 Å². The number of fused-ring (bicyclic) bond motifs is 2. The zero-order valence-corrected chi connectivity index (χ0v) is 24.7. The lowest BCUT2D eigenvalue weighted by Crippen LogP contribution is -2.35. The summed E-state index contributed by atoms with van der Waals surface area (Å²) in [5.74, 6) is 1.74. The summed E-state index contributed by atoms with van der Waals surface area (Å²) in [6.45, 7) is 6.09. The highest BCUT2D eigenvalue weighted by Crippen LogP contribution is 2.33. The van der Waals surface area contributed by atoms with E-state index in [-0.39, 0.29) is 11.7 Å². The van der Waals surface area contributed by atoms with Crippen LogP contribution in [0.5, 0.6) is 5.75 Å². The Morgan fingerprint density at radius 1 is 1.07 bits per heavy atom. The molecule has 1 saturated heterocycles. The first kappa shape index (κ1) is 27.9. The molecule has 0 aliphatic carbocycles. The van der Waals surface area contributed by atoms with Crippen LogP contribution in [0.15, 0.2) is 60.7 Å². The fourth-order valence-electron chi connectivity index (χ4n) is 6.05. The molecule has 222 valence electrons. The van der Waals surface area contributed by atoms with Crippen molar-refractivity contribution in [1.82, 2.24) is 19.4 Å². The molecule has 2 aromatic carbocycles. The second kappa shape index (κ2) is 12.0. The number of anilines is 1. The summed E-state index contributed by atoms with van der Waals surface area (Å²) < 4.78 is 13.8. The van der Waals surface area contributed by atoms with Crippen LogP contribution in [0.1, 0.15) is 40.3 Å². The maximum atomic E-state index is 11.6. The van der Waals surface area contributed by atoms with E-state index in [9.17, 15) is 9.90 Å². The van der Waals surface area contributed by atoms with Crippen LogP contribution in [0.2, 0.25) is 5.02 Å². The van der Waals surface area contributed by atoms with E-state index >= 15 is 0 Å². The van der Waals surface area contributed by atoms with E-state index in [2.05, 4.69) is 32.6 Å². The summed E-state index contributed by atoms with van der Waals surface area (Å²) >= 11 is 6.20. The molecule has 43 heavy (non-hydrogen) atoms. The Balaban J connectivity index is 1.07. The molecule has 1 atom stereocenters. The molecule has 0 bridgehead atoms. The van der Waals surface area contributed by atoms with Gasteiger partial charge in [-0.05, 0) is 72.9 Å². The second-order valence-electron chi connectivity index (χ2n) is 11.4. The minimum Gasteiger partial charge on any atom is -0.488 e. The van der Waals surface area contributed by atoms with Crippen molar-refractivity contribution < 1.29 is 19.4 Å². The SMILES string of the molecule is O=C(O)c1ccc2nc(CN3CC=C(c4ccc5c(n4)N(CCc4cccc(Cl)c4)CCO5)CC3)n(C[C@@H]3CCO3)c2c1. The first-order chi connectivity index (χ1) is 21.0. The smallest absolute Gasteiger partial charge is 0.335 e. The molecule has 7 rings (SSSR count). The Labute approximate surface area is 255 Å². The molecule has 0 spiro atoms. The topological polar surface area (TPSA) is 93.0 Å². The van der Waals surface area contributed by atoms with Crippen molar-refractivity contribution in [3.05, 3.63) is 88.3 Å². The van der Waals surface area contributed by atoms with Crippen LogP contribution < -0.4 is 9.64 Å². The minimum atomic E-state index is -0.934. The molecule has 0 saturated carbocycles. The van der Waals surface area contributed by atoms with Gasteiger partial charge in [-0.1, -0.05) is 29.8 Å². The van der Waals surface area contributed by atoms with Crippen molar-refractivity contribution in [2.24, 2.45) is 0 Å². The normalized spacial score (nSPS) is 18.6. The molecule has 4 aromatic rings. The van der Waals surface area contributed by atoms with Crippen molar-refractivity contribution in [3.63, 3.8) is 0 Å². The lowest BCUT2D eigenvalue weighted by Gasteiger charge is -2.31. The quantitative estimate of drug-likeness (QED) is 0.277. The highest BCUT2D eigenvalue weighted by Gasteiger charge is 2.25. The third-order valence-electron chi connectivity index (χ3n) is 8.56. The van der Waals surface area contributed by atoms with Crippen LogP contribution in [0.25, 0.3) is 16.6 Å². The fourth-order valence-corrected chi connectivity index (χ4v) is 6.26. The number of benzene rings is 2. The molecule has 1 fully saturated rings. The van der Waals surface area contributed by atoms with Gasteiger partial charge in [-0.3, -0.25) is 4.90 Å². The highest BCUT2D eigenvalue weighted by atomic mass is 35.5. The number of hydrogen-bond acceptors (Lipinski definition) is 7. The summed E-state index contributed by atoms with van der Waals surface area (Å²) in [6.07, 6.45) is 5.18. The highest BCUT2D eigenvalue weighted by molar-refractivity contribution is 6.30. The first-order valence-corrected chi connectivity index (χ1v) is 15.3. The van der Waals surface area contributed by atoms with E-state index in [1.807, 2.05) is 24.3 Å². The zero-order chi connectivity index (χ0) is 29.3. The van der Waals surface area contributed by atoms with E-state index < -0.39 is 5.97 Å². The summed E-state index contributed by atoms with van der Waals surface area (Å²) in [6, 6.07) is 17.3. The largest absolute Gasteiger partial charge is 0.488 e. The van der Waals surface area contributed by atoms with E-state index in [0.717, 1.165) is 91.2 Å². The van der Waals surface area contributed by atoms with Crippen LogP contribution in [-0.4, -0.2) is 76.0 Å². The number of carbonyl (C=O) groups is 1. The first-order valence-electron chi connectivity index (χ1n) is 14.9. The number of hydrogen-bond donors (Lipinski definition) is 1. The van der Waals surface area contributed by atoms with E-state index in [4.69, 9.17) is 31.0 Å². The maximum Gasteiger partial charge on any atom is 0.335 e. The summed E-state index contributed by atoms with van der Waals surface area (Å²) in [7, 11) is 0. The summed E-state index contributed by atoms with van der Waals surface area (Å²) in [5, 5.41) is 10.3. The van der Waals surface area contributed by atoms with E-state index in [1.165, 1.54) is 11.1 Å². The second-order valence-corrected chi connectivity index (χ2v) is 11.8. The van der Waals surface area contributed by atoms with Gasteiger partial charge in [0.15, 0.2) is 11.6 Å². The van der Waals surface area contributed by atoms with Gasteiger partial charge >= 0.3 is 5.97 Å². The van der Waals surface area contributed by atoms with Gasteiger partial charge in [0.25, 0.3) is 0 Å². The molecule has 9 nitrogen and oxygen atoms in total. The Morgan fingerprint density at radius 3 is 2.74 bits per heavy atom. The fraction of sp³-hybridized carbons (Fsp3) is 0.364. The van der Waals surface area contributed by atoms with Gasteiger partial charge in [-0.25, -0.2) is 14.8 Å². The molecule has 10 heteroatoms. The average Bonchev–Trinajstić information content (AvgIpc) is 3.33. The molecule has 3 aliphatic heterocycles. The molecular weight excluding hydrogens is 566 g/mol. The van der Waals surface area contributed by atoms with Crippen LogP contribution >= 0.6 is 11.6 Å². The number of rotatable bonds is 9. The van der Waals surface area contributed by atoms with Crippen LogP contribution in [0.4, 0.5) is 5.82 Å². The molecule has 0 unspecified atom stereocenters. The average molecular weight is 600 g/mol. The molecule has 1 N–H and O–H groups in total. The Bertz CT molecular complexity index is 1700. The van der Waals surface area contributed by atoms with Crippen molar-refractivity contribution in [2.75, 3.05) is 44.3 Å². The summed E-state index contributed by atoms with van der Waals surface area (Å²) in [4.78, 5) is 26.3. The molecule has 5 heterocycles. The number of ether oxygens (including phenoxy) is 2. The molecule has 0 amide bonds. The van der Waals surface area contributed by atoms with Gasteiger partial charge in [-0.2, -0.15) is 0 Å². The number of carboxylic acids is 1. The molecular formula is C33H34ClN5O4. The number of nitrogens with zero attached hydrogens (tertiary/aromatic N) is 5. The molecule has 0 radical (unpaired) electrons. The predicted molar refractivity (Wildman–Crippen MR) is 166 cm³/mol. The van der Waals surface area contributed by atoms with Crippen molar-refractivity contribution in [2.45, 2.75) is 38.5 Å². The predicted octanol–water partition coefficient (Wildman–Crippen LogP) is 5.30. The number of aromatic nitrogens is 3. The van der Waals surface area contributed by atoms with Crippen LogP contribution in [0, 0.1) is 0 Å². The van der Waals surface area contributed by atoms with Crippen LogP contribution in [0.3, 0.4) is 0 Å². The third kappa shape index (κ3) is 5.98. The standard InChI is InChI=1S/C33H34ClN5O4/c34-25-3-1-2-22(18-25)8-14-38-15-17-43-30-7-6-27(36-32(30)38)23-9-12-37(13-10-23)21-31-35-28-5-4-24(33(40)41)19-29(28)39(31)20-26-11-16-42-26/h1-7,9,18-19,26H,8,10-17,20-21H2,(H,40,41)/t26-/m0/s1.